The molecule has 0 rings (SSSR count). The van der Waals surface area contributed by atoms with Gasteiger partial charge in [0.05, 0.1) is 11.9 Å². The Morgan fingerprint density at radius 2 is 2.00 bits per heavy atom. The van der Waals surface area contributed by atoms with Crippen LogP contribution in [0.1, 0.15) is 20.3 Å². The van der Waals surface area contributed by atoms with Crippen LogP contribution < -0.4 is 0 Å². The molecular weight excluding hydrogens is 329 g/mol. The number of hydrogen-bond acceptors (Lipinski definition) is 4. The molecule has 0 aromatic carbocycles. The average molecular weight is 349 g/mol. The number of rotatable bonds is 7. The van der Waals surface area contributed by atoms with Crippen LogP contribution in [0.25, 0.3) is 0 Å². The van der Waals surface area contributed by atoms with Crippen LogP contribution in [-0.4, -0.2) is 49.3 Å². The van der Waals surface area contributed by atoms with Crippen LogP contribution >= 0.6 is 22.9 Å². The minimum Gasteiger partial charge on any atom is -0.379 e. The first-order valence-electron chi connectivity index (χ1n) is 4.94. The van der Waals surface area contributed by atoms with Crippen molar-refractivity contribution in [1.29, 1.82) is 0 Å². The molecule has 6 heteroatoms. The monoisotopic (exact) mass is 349 g/mol. The Hall–Kier alpha value is 0.600. The summed E-state index contributed by atoms with van der Waals surface area (Å²) in [5, 5.41) is 0. The SMILES string of the molecule is CCCN(I)[C@H](C)[C@H](CS(C)(=O)=O)OC. The lowest BCUT2D eigenvalue weighted by Crippen LogP contribution is -2.41. The van der Waals surface area contributed by atoms with Crippen LogP contribution in [0, 0.1) is 0 Å². The van der Waals surface area contributed by atoms with Gasteiger partial charge in [-0.05, 0) is 13.3 Å². The first-order valence-corrected chi connectivity index (χ1v) is 7.97. The largest absolute Gasteiger partial charge is 0.379 e. The van der Waals surface area contributed by atoms with Gasteiger partial charge in [0.1, 0.15) is 9.84 Å². The van der Waals surface area contributed by atoms with Crippen molar-refractivity contribution in [3.8, 4) is 0 Å². The standard InChI is InChI=1S/C9H20INO3S/c1-5-6-11(10)8(2)9(14-3)7-15(4,12)13/h8-9H,5-7H2,1-4H3/t8-,9+/m1/s1. The highest BCUT2D eigenvalue weighted by Gasteiger charge is 2.24. The van der Waals surface area contributed by atoms with Crippen LogP contribution in [0.15, 0.2) is 0 Å². The zero-order valence-electron chi connectivity index (χ0n) is 9.73. The second-order valence-electron chi connectivity index (χ2n) is 3.73. The molecule has 0 aliphatic rings. The van der Waals surface area contributed by atoms with Crippen molar-refractivity contribution < 1.29 is 13.2 Å². The van der Waals surface area contributed by atoms with Crippen molar-refractivity contribution >= 4 is 32.7 Å². The lowest BCUT2D eigenvalue weighted by atomic mass is 10.2. The van der Waals surface area contributed by atoms with Gasteiger partial charge in [0.2, 0.25) is 0 Å². The molecule has 0 unspecified atom stereocenters. The van der Waals surface area contributed by atoms with Crippen LogP contribution in [0.3, 0.4) is 0 Å². The fourth-order valence-corrected chi connectivity index (χ4v) is 3.15. The van der Waals surface area contributed by atoms with E-state index in [0.717, 1.165) is 13.0 Å². The van der Waals surface area contributed by atoms with Crippen molar-refractivity contribution in [2.24, 2.45) is 0 Å². The number of hydrogen-bond donors (Lipinski definition) is 0. The smallest absolute Gasteiger partial charge is 0.150 e. The average Bonchev–Trinajstić information content (AvgIpc) is 2.12. The molecule has 0 aromatic heterocycles. The fourth-order valence-electron chi connectivity index (χ4n) is 1.30. The van der Waals surface area contributed by atoms with Gasteiger partial charge < -0.3 is 4.74 Å². The topological polar surface area (TPSA) is 46.6 Å². The molecule has 0 bridgehead atoms. The quantitative estimate of drug-likeness (QED) is 0.516. The number of methoxy groups -OCH3 is 1. The van der Waals surface area contributed by atoms with E-state index in [4.69, 9.17) is 4.74 Å². The Labute approximate surface area is 107 Å². The number of sulfone groups is 1. The fraction of sp³-hybridized carbons (Fsp3) is 1.00. The van der Waals surface area contributed by atoms with Crippen molar-refractivity contribution in [1.82, 2.24) is 3.11 Å². The zero-order valence-corrected chi connectivity index (χ0v) is 12.7. The molecule has 0 heterocycles. The van der Waals surface area contributed by atoms with Crippen LogP contribution in [0.2, 0.25) is 0 Å². The molecule has 15 heavy (non-hydrogen) atoms. The normalized spacial score (nSPS) is 16.7. The molecule has 0 amide bonds. The second-order valence-corrected chi connectivity index (χ2v) is 7.15. The Bertz CT molecular complexity index is 269. The predicted molar refractivity (Wildman–Crippen MR) is 71.0 cm³/mol. The van der Waals surface area contributed by atoms with Gasteiger partial charge in [0, 0.05) is 48.8 Å². The highest BCUT2D eigenvalue weighted by atomic mass is 127. The maximum Gasteiger partial charge on any atom is 0.150 e. The summed E-state index contributed by atoms with van der Waals surface area (Å²) in [6.07, 6.45) is 2.02. The van der Waals surface area contributed by atoms with Gasteiger partial charge >= 0.3 is 0 Å². The third-order valence-corrected chi connectivity index (χ3v) is 4.48. The molecule has 0 saturated heterocycles. The molecule has 0 aromatic rings. The Balaban J connectivity index is 4.40. The Morgan fingerprint density at radius 3 is 2.33 bits per heavy atom. The van der Waals surface area contributed by atoms with E-state index in [0.29, 0.717) is 0 Å². The van der Waals surface area contributed by atoms with E-state index < -0.39 is 9.84 Å². The van der Waals surface area contributed by atoms with Crippen molar-refractivity contribution in [2.45, 2.75) is 32.4 Å². The first kappa shape index (κ1) is 15.6. The minimum absolute atomic E-state index is 0.0773. The first-order chi connectivity index (χ1) is 6.81. The van der Waals surface area contributed by atoms with E-state index in [1.54, 1.807) is 7.11 Å². The van der Waals surface area contributed by atoms with E-state index in [1.807, 2.05) is 6.92 Å². The molecule has 4 nitrogen and oxygen atoms in total. The molecule has 0 spiro atoms. The summed E-state index contributed by atoms with van der Waals surface area (Å²) < 4.78 is 29.7. The van der Waals surface area contributed by atoms with Crippen LogP contribution in [0.5, 0.6) is 0 Å². The number of ether oxygens (including phenoxy) is 1. The molecule has 0 saturated carbocycles. The van der Waals surface area contributed by atoms with E-state index in [9.17, 15) is 8.42 Å². The van der Waals surface area contributed by atoms with Gasteiger partial charge in [0.15, 0.2) is 0 Å². The maximum absolute atomic E-state index is 11.2. The number of halogens is 1. The second kappa shape index (κ2) is 7.03. The molecule has 2 atom stereocenters. The maximum atomic E-state index is 11.2. The lowest BCUT2D eigenvalue weighted by Gasteiger charge is -2.28. The molecule has 0 fully saturated rings. The lowest BCUT2D eigenvalue weighted by molar-refractivity contribution is 0.0732. The summed E-state index contributed by atoms with van der Waals surface area (Å²) in [7, 11) is -1.43. The molecule has 0 aliphatic heterocycles. The minimum atomic E-state index is -2.98. The molecular formula is C9H20INO3S. The van der Waals surface area contributed by atoms with Crippen molar-refractivity contribution in [3.05, 3.63) is 0 Å². The highest BCUT2D eigenvalue weighted by Crippen LogP contribution is 2.14. The molecule has 0 N–H and O–H groups in total. The van der Waals surface area contributed by atoms with E-state index >= 15 is 0 Å². The van der Waals surface area contributed by atoms with Crippen molar-refractivity contribution in [2.75, 3.05) is 25.7 Å². The van der Waals surface area contributed by atoms with Gasteiger partial charge in [0.25, 0.3) is 0 Å². The highest BCUT2D eigenvalue weighted by molar-refractivity contribution is 14.1. The van der Waals surface area contributed by atoms with Gasteiger partial charge in [-0.2, -0.15) is 0 Å². The summed E-state index contributed by atoms with van der Waals surface area (Å²) in [6, 6.07) is 0.102. The summed E-state index contributed by atoms with van der Waals surface area (Å²) >= 11 is 2.22. The van der Waals surface area contributed by atoms with Gasteiger partial charge in [-0.3, -0.25) is 0 Å². The Kier molecular flexibility index (Phi) is 7.31. The van der Waals surface area contributed by atoms with E-state index in [-0.39, 0.29) is 17.9 Å². The van der Waals surface area contributed by atoms with Gasteiger partial charge in [-0.1, -0.05) is 6.92 Å². The van der Waals surface area contributed by atoms with Gasteiger partial charge in [-0.15, -0.1) is 0 Å². The third-order valence-electron chi connectivity index (χ3n) is 2.19. The van der Waals surface area contributed by atoms with Crippen LogP contribution in [-0.2, 0) is 14.6 Å². The number of nitrogens with zero attached hydrogens (tertiary/aromatic N) is 1. The summed E-state index contributed by atoms with van der Waals surface area (Å²) in [5.41, 5.74) is 0. The molecule has 0 aliphatic carbocycles. The molecule has 0 radical (unpaired) electrons. The summed E-state index contributed by atoms with van der Waals surface area (Å²) in [6.45, 7) is 5.02. The summed E-state index contributed by atoms with van der Waals surface area (Å²) in [4.78, 5) is 0. The zero-order chi connectivity index (χ0) is 12.1. The molecule has 92 valence electrons. The van der Waals surface area contributed by atoms with E-state index in [2.05, 4.69) is 32.9 Å². The van der Waals surface area contributed by atoms with Crippen LogP contribution in [0.4, 0.5) is 0 Å². The van der Waals surface area contributed by atoms with Crippen molar-refractivity contribution in [3.63, 3.8) is 0 Å². The summed E-state index contributed by atoms with van der Waals surface area (Å²) in [5.74, 6) is 0.0773. The third kappa shape index (κ3) is 6.70. The predicted octanol–water partition coefficient (Wildman–Crippen LogP) is 1.50. The van der Waals surface area contributed by atoms with E-state index in [1.165, 1.54) is 6.26 Å². The Morgan fingerprint density at radius 1 is 1.47 bits per heavy atom. The van der Waals surface area contributed by atoms with Gasteiger partial charge in [-0.25, -0.2) is 11.5 Å².